The van der Waals surface area contributed by atoms with Crippen molar-refractivity contribution in [3.05, 3.63) is 17.5 Å². The molecule has 0 aliphatic rings. The van der Waals surface area contributed by atoms with Crippen LogP contribution in [0.3, 0.4) is 0 Å². The Bertz CT molecular complexity index is 411. The van der Waals surface area contributed by atoms with Crippen molar-refractivity contribution in [2.45, 2.75) is 20.4 Å². The Balaban J connectivity index is 2.55. The Kier molecular flexibility index (Phi) is 3.65. The minimum atomic E-state index is -1.12. The smallest absolute Gasteiger partial charge is 0.315 e. The molecule has 0 aliphatic heterocycles. The average molecular weight is 225 g/mol. The highest BCUT2D eigenvalue weighted by Gasteiger charge is 2.20. The second-order valence-electron chi connectivity index (χ2n) is 3.69. The van der Waals surface area contributed by atoms with Crippen LogP contribution in [0, 0.1) is 12.8 Å². The molecule has 16 heavy (non-hydrogen) atoms. The number of carboxylic acid groups (broad SMARTS) is 1. The van der Waals surface area contributed by atoms with E-state index in [0.29, 0.717) is 6.54 Å². The second kappa shape index (κ2) is 4.78. The molecule has 0 spiro atoms. The number of carbonyl (C=O) groups is 2. The molecule has 1 amide bonds. The van der Waals surface area contributed by atoms with E-state index in [9.17, 15) is 9.59 Å². The van der Waals surface area contributed by atoms with Crippen molar-refractivity contribution in [3.8, 4) is 0 Å². The summed E-state index contributed by atoms with van der Waals surface area (Å²) in [5.41, 5.74) is 1.71. The number of aromatic nitrogens is 2. The molecular formula is C10H15N3O3. The summed E-state index contributed by atoms with van der Waals surface area (Å²) in [5, 5.41) is 15.3. The first-order valence-corrected chi connectivity index (χ1v) is 4.91. The fraction of sp³-hybridized carbons (Fsp3) is 0.500. The monoisotopic (exact) mass is 225 g/mol. The summed E-state index contributed by atoms with van der Waals surface area (Å²) in [6.45, 7) is 3.49. The first kappa shape index (κ1) is 12.2. The molecule has 1 rings (SSSR count). The molecule has 1 unspecified atom stereocenters. The molecule has 0 radical (unpaired) electrons. The van der Waals surface area contributed by atoms with Gasteiger partial charge in [-0.25, -0.2) is 0 Å². The van der Waals surface area contributed by atoms with Gasteiger partial charge in [0.1, 0.15) is 5.92 Å². The summed E-state index contributed by atoms with van der Waals surface area (Å²) in [5.74, 6) is -2.65. The van der Waals surface area contributed by atoms with E-state index in [1.807, 2.05) is 6.92 Å². The van der Waals surface area contributed by atoms with Crippen LogP contribution in [0.2, 0.25) is 0 Å². The van der Waals surface area contributed by atoms with Gasteiger partial charge in [-0.15, -0.1) is 0 Å². The van der Waals surface area contributed by atoms with Gasteiger partial charge in [-0.05, 0) is 13.8 Å². The van der Waals surface area contributed by atoms with Crippen molar-refractivity contribution in [2.75, 3.05) is 0 Å². The maximum Gasteiger partial charge on any atom is 0.315 e. The second-order valence-corrected chi connectivity index (χ2v) is 3.69. The molecule has 0 aromatic carbocycles. The zero-order valence-electron chi connectivity index (χ0n) is 9.52. The molecule has 0 saturated carbocycles. The third kappa shape index (κ3) is 2.82. The number of aryl methyl sites for hydroxylation is 2. The lowest BCUT2D eigenvalue weighted by Gasteiger charge is -2.07. The van der Waals surface area contributed by atoms with Gasteiger partial charge >= 0.3 is 5.97 Å². The number of nitrogens with zero attached hydrogens (tertiary/aromatic N) is 2. The Morgan fingerprint density at radius 1 is 1.62 bits per heavy atom. The molecule has 0 aliphatic carbocycles. The van der Waals surface area contributed by atoms with Crippen molar-refractivity contribution < 1.29 is 14.7 Å². The molecule has 1 heterocycles. The summed E-state index contributed by atoms with van der Waals surface area (Å²) in [4.78, 5) is 21.9. The van der Waals surface area contributed by atoms with Gasteiger partial charge in [-0.1, -0.05) is 0 Å². The molecule has 88 valence electrons. The molecule has 0 bridgehead atoms. The molecule has 6 heteroatoms. The molecule has 0 saturated heterocycles. The molecule has 6 nitrogen and oxygen atoms in total. The number of carboxylic acids is 1. The third-order valence-corrected chi connectivity index (χ3v) is 2.33. The van der Waals surface area contributed by atoms with Crippen molar-refractivity contribution >= 4 is 11.9 Å². The quantitative estimate of drug-likeness (QED) is 0.710. The van der Waals surface area contributed by atoms with E-state index in [-0.39, 0.29) is 0 Å². The van der Waals surface area contributed by atoms with E-state index in [1.54, 1.807) is 17.9 Å². The minimum Gasteiger partial charge on any atom is -0.481 e. The summed E-state index contributed by atoms with van der Waals surface area (Å²) < 4.78 is 1.65. The van der Waals surface area contributed by atoms with Crippen LogP contribution in [0.25, 0.3) is 0 Å². The normalized spacial score (nSPS) is 12.2. The van der Waals surface area contributed by atoms with Crippen LogP contribution in [0.4, 0.5) is 0 Å². The zero-order valence-corrected chi connectivity index (χ0v) is 9.52. The van der Waals surface area contributed by atoms with Crippen LogP contribution in [-0.4, -0.2) is 26.8 Å². The Morgan fingerprint density at radius 3 is 2.69 bits per heavy atom. The number of nitrogens with one attached hydrogen (secondary N) is 1. The number of amides is 1. The highest BCUT2D eigenvalue weighted by atomic mass is 16.4. The maximum absolute atomic E-state index is 11.4. The molecule has 0 fully saturated rings. The summed E-state index contributed by atoms with van der Waals surface area (Å²) >= 11 is 0. The van der Waals surface area contributed by atoms with Gasteiger partial charge in [0.2, 0.25) is 5.91 Å². The fourth-order valence-electron chi connectivity index (χ4n) is 1.27. The number of carbonyl (C=O) groups excluding carboxylic acids is 1. The minimum absolute atomic E-state index is 0.302. The summed E-state index contributed by atoms with van der Waals surface area (Å²) in [6.07, 6.45) is 1.79. The van der Waals surface area contributed by atoms with E-state index < -0.39 is 17.8 Å². The zero-order chi connectivity index (χ0) is 12.3. The highest BCUT2D eigenvalue weighted by Crippen LogP contribution is 2.04. The lowest BCUT2D eigenvalue weighted by molar-refractivity contribution is -0.146. The predicted octanol–water partition coefficient (Wildman–Crippen LogP) is 0.0654. The van der Waals surface area contributed by atoms with Gasteiger partial charge in [0.05, 0.1) is 5.69 Å². The van der Waals surface area contributed by atoms with Gasteiger partial charge in [-0.2, -0.15) is 5.10 Å². The summed E-state index contributed by atoms with van der Waals surface area (Å²) in [6, 6.07) is 0. The standard InChI is InChI=1S/C10H15N3O3/c1-6(10(15)16)9(14)11-4-8-5-13(3)12-7(8)2/h5-6H,4H2,1-3H3,(H,11,14)(H,15,16). The molecule has 1 aromatic rings. The van der Waals surface area contributed by atoms with Gasteiger partial charge in [0.25, 0.3) is 0 Å². The van der Waals surface area contributed by atoms with Crippen LogP contribution in [0.15, 0.2) is 6.20 Å². The van der Waals surface area contributed by atoms with Crippen LogP contribution in [-0.2, 0) is 23.2 Å². The van der Waals surface area contributed by atoms with Crippen molar-refractivity contribution in [2.24, 2.45) is 13.0 Å². The van der Waals surface area contributed by atoms with Gasteiger partial charge < -0.3 is 10.4 Å². The number of rotatable bonds is 4. The molecule has 2 N–H and O–H groups in total. The van der Waals surface area contributed by atoms with E-state index in [2.05, 4.69) is 10.4 Å². The van der Waals surface area contributed by atoms with Crippen LogP contribution in [0.1, 0.15) is 18.2 Å². The van der Waals surface area contributed by atoms with Crippen molar-refractivity contribution in [1.82, 2.24) is 15.1 Å². The third-order valence-electron chi connectivity index (χ3n) is 2.33. The van der Waals surface area contributed by atoms with Gasteiger partial charge in [-0.3, -0.25) is 14.3 Å². The maximum atomic E-state index is 11.4. The Labute approximate surface area is 93.3 Å². The molecule has 1 aromatic heterocycles. The number of aliphatic carboxylic acids is 1. The molecular weight excluding hydrogens is 210 g/mol. The largest absolute Gasteiger partial charge is 0.481 e. The topological polar surface area (TPSA) is 84.2 Å². The summed E-state index contributed by atoms with van der Waals surface area (Å²) in [7, 11) is 1.79. The lowest BCUT2D eigenvalue weighted by atomic mass is 10.1. The van der Waals surface area contributed by atoms with E-state index >= 15 is 0 Å². The van der Waals surface area contributed by atoms with Crippen LogP contribution >= 0.6 is 0 Å². The van der Waals surface area contributed by atoms with Crippen LogP contribution < -0.4 is 5.32 Å². The highest BCUT2D eigenvalue weighted by molar-refractivity contribution is 5.96. The first-order chi connectivity index (χ1) is 7.41. The number of hydrogen-bond donors (Lipinski definition) is 2. The SMILES string of the molecule is Cc1nn(C)cc1CNC(=O)C(C)C(=O)O. The fourth-order valence-corrected chi connectivity index (χ4v) is 1.27. The van der Waals surface area contributed by atoms with Gasteiger partial charge in [0, 0.05) is 25.4 Å². The first-order valence-electron chi connectivity index (χ1n) is 4.91. The lowest BCUT2D eigenvalue weighted by Crippen LogP contribution is -2.33. The predicted molar refractivity (Wildman–Crippen MR) is 56.6 cm³/mol. The number of hydrogen-bond acceptors (Lipinski definition) is 3. The Hall–Kier alpha value is -1.85. The average Bonchev–Trinajstić information content (AvgIpc) is 2.52. The van der Waals surface area contributed by atoms with E-state index in [1.165, 1.54) is 6.92 Å². The molecule has 1 atom stereocenters. The van der Waals surface area contributed by atoms with Gasteiger partial charge in [0.15, 0.2) is 0 Å². The van der Waals surface area contributed by atoms with E-state index in [0.717, 1.165) is 11.3 Å². The Morgan fingerprint density at radius 2 is 2.25 bits per heavy atom. The van der Waals surface area contributed by atoms with Crippen molar-refractivity contribution in [3.63, 3.8) is 0 Å². The van der Waals surface area contributed by atoms with Crippen molar-refractivity contribution in [1.29, 1.82) is 0 Å². The van der Waals surface area contributed by atoms with E-state index in [4.69, 9.17) is 5.11 Å². The van der Waals surface area contributed by atoms with Crippen LogP contribution in [0.5, 0.6) is 0 Å².